The molecular weight excluding hydrogens is 268 g/mol. The van der Waals surface area contributed by atoms with Crippen molar-refractivity contribution in [3.63, 3.8) is 0 Å². The van der Waals surface area contributed by atoms with Crippen LogP contribution >= 0.6 is 23.5 Å². The van der Waals surface area contributed by atoms with Crippen molar-refractivity contribution in [2.75, 3.05) is 5.75 Å². The molecule has 104 valence electrons. The van der Waals surface area contributed by atoms with Crippen molar-refractivity contribution in [2.45, 2.75) is 63.1 Å². The Morgan fingerprint density at radius 2 is 2.00 bits per heavy atom. The molecule has 5 heteroatoms. The SMILES string of the molecule is CC(=O)SCC[C@@H]1CC[C@@H](C(=O)OC(C)(C)C)S1. The number of thioether (sulfide) groups is 2. The largest absolute Gasteiger partial charge is 0.459 e. The summed E-state index contributed by atoms with van der Waals surface area (Å²) in [6.45, 7) is 7.28. The van der Waals surface area contributed by atoms with Crippen molar-refractivity contribution in [1.82, 2.24) is 0 Å². The zero-order valence-electron chi connectivity index (χ0n) is 11.5. The Morgan fingerprint density at radius 1 is 1.33 bits per heavy atom. The number of hydrogen-bond donors (Lipinski definition) is 0. The summed E-state index contributed by atoms with van der Waals surface area (Å²) in [5.41, 5.74) is -0.403. The monoisotopic (exact) mass is 290 g/mol. The molecular formula is C13H22O3S2. The molecule has 1 fully saturated rings. The molecule has 0 amide bonds. The van der Waals surface area contributed by atoms with E-state index in [2.05, 4.69) is 0 Å². The maximum absolute atomic E-state index is 11.9. The van der Waals surface area contributed by atoms with Crippen LogP contribution in [-0.2, 0) is 14.3 Å². The van der Waals surface area contributed by atoms with Crippen LogP contribution in [-0.4, -0.2) is 32.9 Å². The maximum atomic E-state index is 11.9. The smallest absolute Gasteiger partial charge is 0.319 e. The van der Waals surface area contributed by atoms with E-state index in [0.717, 1.165) is 25.0 Å². The van der Waals surface area contributed by atoms with Gasteiger partial charge in [-0.15, -0.1) is 11.8 Å². The van der Waals surface area contributed by atoms with Gasteiger partial charge in [0.05, 0.1) is 0 Å². The van der Waals surface area contributed by atoms with Gasteiger partial charge in [0.1, 0.15) is 10.9 Å². The summed E-state index contributed by atoms with van der Waals surface area (Å²) in [5.74, 6) is 0.767. The van der Waals surface area contributed by atoms with Crippen LogP contribution in [0.2, 0.25) is 0 Å². The lowest BCUT2D eigenvalue weighted by atomic mass is 10.1. The molecule has 0 aromatic heterocycles. The van der Waals surface area contributed by atoms with Crippen LogP contribution in [0.5, 0.6) is 0 Å². The molecule has 0 saturated carbocycles. The number of rotatable bonds is 4. The number of esters is 1. The lowest BCUT2D eigenvalue weighted by molar-refractivity contribution is -0.154. The minimum absolute atomic E-state index is 0.0171. The Balaban J connectivity index is 2.28. The van der Waals surface area contributed by atoms with E-state index in [4.69, 9.17) is 4.74 Å². The average Bonchev–Trinajstić information content (AvgIpc) is 2.63. The standard InChI is InChI=1S/C13H22O3S2/c1-9(14)17-8-7-10-5-6-11(18-10)12(15)16-13(2,3)4/h10-11H,5-8H2,1-4H3/t10-,11-/m0/s1. The Morgan fingerprint density at radius 3 is 2.56 bits per heavy atom. The molecule has 0 unspecified atom stereocenters. The molecule has 0 aromatic rings. The summed E-state index contributed by atoms with van der Waals surface area (Å²) in [4.78, 5) is 22.7. The average molecular weight is 290 g/mol. The fraction of sp³-hybridized carbons (Fsp3) is 0.846. The van der Waals surface area contributed by atoms with Crippen LogP contribution in [0, 0.1) is 0 Å². The molecule has 18 heavy (non-hydrogen) atoms. The first-order valence-corrected chi connectivity index (χ1v) is 8.22. The van der Waals surface area contributed by atoms with Gasteiger partial charge >= 0.3 is 5.97 Å². The quantitative estimate of drug-likeness (QED) is 0.744. The number of hydrogen-bond acceptors (Lipinski definition) is 5. The highest BCUT2D eigenvalue weighted by atomic mass is 32.2. The molecule has 2 atom stereocenters. The van der Waals surface area contributed by atoms with E-state index in [1.807, 2.05) is 20.8 Å². The molecule has 0 aromatic carbocycles. The van der Waals surface area contributed by atoms with E-state index >= 15 is 0 Å². The Bertz CT molecular complexity index is 310. The van der Waals surface area contributed by atoms with Crippen LogP contribution in [0.1, 0.15) is 47.0 Å². The lowest BCUT2D eigenvalue weighted by Crippen LogP contribution is -2.29. The second-order valence-electron chi connectivity index (χ2n) is 5.49. The summed E-state index contributed by atoms with van der Waals surface area (Å²) >= 11 is 3.08. The first-order valence-electron chi connectivity index (χ1n) is 6.29. The van der Waals surface area contributed by atoms with Gasteiger partial charge in [0, 0.05) is 17.9 Å². The zero-order valence-corrected chi connectivity index (χ0v) is 13.2. The Hall–Kier alpha value is -0.160. The molecule has 1 rings (SSSR count). The third-order valence-corrected chi connectivity index (χ3v) is 4.98. The summed E-state index contributed by atoms with van der Waals surface area (Å²) in [6, 6.07) is 0. The van der Waals surface area contributed by atoms with Gasteiger partial charge in [-0.3, -0.25) is 9.59 Å². The third-order valence-electron chi connectivity index (χ3n) is 2.52. The van der Waals surface area contributed by atoms with E-state index in [-0.39, 0.29) is 16.3 Å². The van der Waals surface area contributed by atoms with Gasteiger partial charge in [0.25, 0.3) is 0 Å². The highest BCUT2D eigenvalue weighted by molar-refractivity contribution is 8.13. The zero-order chi connectivity index (χ0) is 13.8. The van der Waals surface area contributed by atoms with Crippen LogP contribution in [0.25, 0.3) is 0 Å². The molecule has 3 nitrogen and oxygen atoms in total. The molecule has 1 aliphatic rings. The molecule has 1 heterocycles. The molecule has 0 spiro atoms. The Labute approximate surface area is 118 Å². The molecule has 0 radical (unpaired) electrons. The number of ether oxygens (including phenoxy) is 1. The molecule has 1 aliphatic heterocycles. The number of carbonyl (C=O) groups is 2. The molecule has 1 saturated heterocycles. The second kappa shape index (κ2) is 6.85. The summed E-state index contributed by atoms with van der Waals surface area (Å²) in [7, 11) is 0. The fourth-order valence-electron chi connectivity index (χ4n) is 1.79. The minimum atomic E-state index is -0.403. The molecule has 0 aliphatic carbocycles. The predicted octanol–water partition coefficient (Wildman–Crippen LogP) is 3.26. The first-order chi connectivity index (χ1) is 8.28. The van der Waals surface area contributed by atoms with Crippen LogP contribution in [0.3, 0.4) is 0 Å². The van der Waals surface area contributed by atoms with Gasteiger partial charge in [-0.25, -0.2) is 0 Å². The first kappa shape index (κ1) is 15.9. The fourth-order valence-corrected chi connectivity index (χ4v) is 4.05. The van der Waals surface area contributed by atoms with E-state index < -0.39 is 5.60 Å². The van der Waals surface area contributed by atoms with E-state index in [1.54, 1.807) is 18.7 Å². The summed E-state index contributed by atoms with van der Waals surface area (Å²) in [5, 5.41) is 0.646. The van der Waals surface area contributed by atoms with E-state index in [9.17, 15) is 9.59 Å². The third kappa shape index (κ3) is 6.14. The van der Waals surface area contributed by atoms with Gasteiger partial charge < -0.3 is 4.74 Å². The van der Waals surface area contributed by atoms with Crippen molar-refractivity contribution >= 4 is 34.6 Å². The predicted molar refractivity (Wildman–Crippen MR) is 78.0 cm³/mol. The highest BCUT2D eigenvalue weighted by Crippen LogP contribution is 2.37. The molecule has 0 bridgehead atoms. The number of carbonyl (C=O) groups excluding carboxylic acids is 2. The van der Waals surface area contributed by atoms with Gasteiger partial charge in [-0.2, -0.15) is 0 Å². The topological polar surface area (TPSA) is 43.4 Å². The highest BCUT2D eigenvalue weighted by Gasteiger charge is 2.33. The van der Waals surface area contributed by atoms with E-state index in [0.29, 0.717) is 5.25 Å². The van der Waals surface area contributed by atoms with Gasteiger partial charge in [0.15, 0.2) is 5.12 Å². The van der Waals surface area contributed by atoms with Crippen molar-refractivity contribution in [3.8, 4) is 0 Å². The van der Waals surface area contributed by atoms with Gasteiger partial charge in [0.2, 0.25) is 0 Å². The van der Waals surface area contributed by atoms with E-state index in [1.165, 1.54) is 11.8 Å². The van der Waals surface area contributed by atoms with Crippen molar-refractivity contribution < 1.29 is 14.3 Å². The maximum Gasteiger partial charge on any atom is 0.319 e. The second-order valence-corrected chi connectivity index (χ2v) is 8.27. The Kier molecular flexibility index (Phi) is 6.05. The van der Waals surface area contributed by atoms with Gasteiger partial charge in [-0.1, -0.05) is 11.8 Å². The normalized spacial score (nSPS) is 24.0. The van der Waals surface area contributed by atoms with Crippen molar-refractivity contribution in [2.24, 2.45) is 0 Å². The summed E-state index contributed by atoms with van der Waals surface area (Å²) in [6.07, 6.45) is 2.94. The van der Waals surface area contributed by atoms with Gasteiger partial charge in [-0.05, 0) is 40.0 Å². The van der Waals surface area contributed by atoms with Crippen LogP contribution in [0.15, 0.2) is 0 Å². The van der Waals surface area contributed by atoms with Crippen LogP contribution < -0.4 is 0 Å². The van der Waals surface area contributed by atoms with Crippen molar-refractivity contribution in [1.29, 1.82) is 0 Å². The van der Waals surface area contributed by atoms with Crippen LogP contribution in [0.4, 0.5) is 0 Å². The summed E-state index contributed by atoms with van der Waals surface area (Å²) < 4.78 is 5.39. The lowest BCUT2D eigenvalue weighted by Gasteiger charge is -2.21. The van der Waals surface area contributed by atoms with Crippen molar-refractivity contribution in [3.05, 3.63) is 0 Å². The molecule has 0 N–H and O–H groups in total. The minimum Gasteiger partial charge on any atom is -0.459 e.